The van der Waals surface area contributed by atoms with E-state index in [2.05, 4.69) is 10.3 Å². The van der Waals surface area contributed by atoms with Crippen LogP contribution >= 0.6 is 23.4 Å². The van der Waals surface area contributed by atoms with E-state index in [-0.39, 0.29) is 5.03 Å². The van der Waals surface area contributed by atoms with E-state index < -0.39 is 17.7 Å². The summed E-state index contributed by atoms with van der Waals surface area (Å²) >= 11 is 7.16. The molecule has 1 aliphatic rings. The quantitative estimate of drug-likeness (QED) is 0.670. The summed E-state index contributed by atoms with van der Waals surface area (Å²) < 4.78 is 40.0. The van der Waals surface area contributed by atoms with E-state index in [1.807, 2.05) is 17.0 Å². The number of carbonyl (C=O) groups is 1. The fourth-order valence-electron chi connectivity index (χ4n) is 2.59. The van der Waals surface area contributed by atoms with E-state index in [1.165, 1.54) is 6.07 Å². The highest BCUT2D eigenvalue weighted by Gasteiger charge is 2.35. The molecule has 0 aliphatic carbocycles. The van der Waals surface area contributed by atoms with Gasteiger partial charge in [0.05, 0.1) is 5.56 Å². The number of nitrogens with one attached hydrogen (secondary N) is 1. The highest BCUT2D eigenvalue weighted by molar-refractivity contribution is 7.98. The van der Waals surface area contributed by atoms with Crippen LogP contribution in [0.15, 0.2) is 41.4 Å². The molecule has 1 aromatic carbocycles. The van der Waals surface area contributed by atoms with Gasteiger partial charge in [0.1, 0.15) is 10.8 Å². The van der Waals surface area contributed by atoms with Gasteiger partial charge in [0.25, 0.3) is 5.97 Å². The topological polar surface area (TPSA) is 65.5 Å². The molecule has 1 fully saturated rings. The number of aliphatic carboxylic acids is 1. The maximum Gasteiger partial charge on any atom is 0.419 e. The molecule has 1 saturated heterocycles. The second kappa shape index (κ2) is 10.7. The summed E-state index contributed by atoms with van der Waals surface area (Å²) in [6, 6.07) is 9.72. The van der Waals surface area contributed by atoms with Crippen LogP contribution in [-0.2, 0) is 16.7 Å². The number of hydrogen-bond acceptors (Lipinski definition) is 5. The number of piperazine rings is 1. The van der Waals surface area contributed by atoms with Crippen LogP contribution in [-0.4, -0.2) is 42.2 Å². The van der Waals surface area contributed by atoms with Crippen molar-refractivity contribution in [1.82, 2.24) is 10.3 Å². The van der Waals surface area contributed by atoms with Crippen molar-refractivity contribution in [3.8, 4) is 0 Å². The first kappa shape index (κ1) is 23.3. The van der Waals surface area contributed by atoms with E-state index in [9.17, 15) is 13.2 Å². The number of benzene rings is 1. The summed E-state index contributed by atoms with van der Waals surface area (Å²) in [5, 5.41) is 11.2. The first-order chi connectivity index (χ1) is 13.7. The van der Waals surface area contributed by atoms with Crippen LogP contribution in [0.2, 0.25) is 5.02 Å². The molecular weight excluding hydrogens is 427 g/mol. The molecule has 2 N–H and O–H groups in total. The molecule has 10 heteroatoms. The molecule has 0 atom stereocenters. The maximum atomic E-state index is 13.3. The first-order valence-electron chi connectivity index (χ1n) is 8.78. The average Bonchev–Trinajstić information content (AvgIpc) is 2.67. The second-order valence-electron chi connectivity index (χ2n) is 6.16. The normalized spacial score (nSPS) is 14.2. The van der Waals surface area contributed by atoms with E-state index >= 15 is 0 Å². The van der Waals surface area contributed by atoms with E-state index in [0.29, 0.717) is 16.6 Å². The Morgan fingerprint density at radius 3 is 2.45 bits per heavy atom. The first-order valence-corrected chi connectivity index (χ1v) is 10.1. The van der Waals surface area contributed by atoms with Crippen molar-refractivity contribution in [2.24, 2.45) is 0 Å². The Kier molecular flexibility index (Phi) is 8.60. The van der Waals surface area contributed by atoms with Gasteiger partial charge in [-0.1, -0.05) is 29.8 Å². The molecule has 0 bridgehead atoms. The van der Waals surface area contributed by atoms with Gasteiger partial charge < -0.3 is 15.3 Å². The van der Waals surface area contributed by atoms with Crippen LogP contribution < -0.4 is 10.2 Å². The number of rotatable bonds is 4. The third-order valence-electron chi connectivity index (χ3n) is 3.91. The fourth-order valence-corrected chi connectivity index (χ4v) is 3.91. The van der Waals surface area contributed by atoms with Crippen molar-refractivity contribution in [2.45, 2.75) is 23.9 Å². The lowest BCUT2D eigenvalue weighted by molar-refractivity contribution is -0.140. The highest BCUT2D eigenvalue weighted by Crippen LogP contribution is 2.38. The van der Waals surface area contributed by atoms with Crippen molar-refractivity contribution >= 4 is 35.1 Å². The minimum absolute atomic E-state index is 0.0107. The molecule has 1 aromatic heterocycles. The predicted molar refractivity (Wildman–Crippen MR) is 109 cm³/mol. The Morgan fingerprint density at radius 1 is 1.24 bits per heavy atom. The third-order valence-corrected chi connectivity index (χ3v) is 5.32. The van der Waals surface area contributed by atoms with Gasteiger partial charge in [0, 0.05) is 43.9 Å². The smallest absolute Gasteiger partial charge is 0.419 e. The summed E-state index contributed by atoms with van der Waals surface area (Å²) in [7, 11) is 0. The summed E-state index contributed by atoms with van der Waals surface area (Å²) in [6.45, 7) is 4.13. The van der Waals surface area contributed by atoms with Gasteiger partial charge in [0.15, 0.2) is 0 Å². The molecule has 2 heterocycles. The van der Waals surface area contributed by atoms with Gasteiger partial charge in [-0.25, -0.2) is 4.98 Å². The molecular formula is C19H21ClF3N3O2S. The van der Waals surface area contributed by atoms with Crippen molar-refractivity contribution in [3.05, 3.63) is 52.5 Å². The lowest BCUT2D eigenvalue weighted by Crippen LogP contribution is -2.44. The summed E-state index contributed by atoms with van der Waals surface area (Å²) in [5.41, 5.74) is 0.0834. The second-order valence-corrected chi connectivity index (χ2v) is 7.53. The van der Waals surface area contributed by atoms with Crippen LogP contribution in [0, 0.1) is 0 Å². The number of hydrogen-bond donors (Lipinski definition) is 2. The minimum Gasteiger partial charge on any atom is -0.481 e. The van der Waals surface area contributed by atoms with Crippen molar-refractivity contribution in [1.29, 1.82) is 0 Å². The SMILES string of the molecule is CC(=O)O.FC(F)(F)c1ccc(N2CCNCC2)nc1SCc1ccccc1Cl. The maximum absolute atomic E-state index is 13.3. The summed E-state index contributed by atoms with van der Waals surface area (Å²) in [4.78, 5) is 15.3. The van der Waals surface area contributed by atoms with Gasteiger partial charge in [-0.3, -0.25) is 4.79 Å². The van der Waals surface area contributed by atoms with E-state index in [0.717, 1.165) is 56.5 Å². The van der Waals surface area contributed by atoms with Crippen molar-refractivity contribution in [2.75, 3.05) is 31.1 Å². The monoisotopic (exact) mass is 447 g/mol. The number of carboxylic acid groups (broad SMARTS) is 1. The minimum atomic E-state index is -4.43. The van der Waals surface area contributed by atoms with Gasteiger partial charge in [-0.2, -0.15) is 13.2 Å². The molecule has 0 amide bonds. The summed E-state index contributed by atoms with van der Waals surface area (Å²) in [6.07, 6.45) is -4.43. The number of alkyl halides is 3. The standard InChI is InChI=1S/C17H17ClF3N3S.C2H4O2/c18-14-4-2-1-3-12(14)11-25-16-13(17(19,20)21)5-6-15(23-16)24-9-7-22-8-10-24;1-2(3)4/h1-6,22H,7-11H2;1H3,(H,3,4). The fraction of sp³-hybridized carbons (Fsp3) is 0.368. The molecule has 3 rings (SSSR count). The Bertz CT molecular complexity index is 827. The Labute approximate surface area is 176 Å². The van der Waals surface area contributed by atoms with E-state index in [1.54, 1.807) is 12.1 Å². The van der Waals surface area contributed by atoms with Gasteiger partial charge in [-0.05, 0) is 23.8 Å². The van der Waals surface area contributed by atoms with Gasteiger partial charge >= 0.3 is 6.18 Å². The van der Waals surface area contributed by atoms with Crippen LogP contribution in [0.25, 0.3) is 0 Å². The molecule has 0 saturated carbocycles. The number of thioether (sulfide) groups is 1. The Hall–Kier alpha value is -1.97. The molecule has 158 valence electrons. The highest BCUT2D eigenvalue weighted by atomic mass is 35.5. The zero-order chi connectivity index (χ0) is 21.4. The molecule has 5 nitrogen and oxygen atoms in total. The number of carboxylic acids is 1. The average molecular weight is 448 g/mol. The van der Waals surface area contributed by atoms with Crippen LogP contribution in [0.4, 0.5) is 19.0 Å². The lowest BCUT2D eigenvalue weighted by Gasteiger charge is -2.29. The third kappa shape index (κ3) is 7.41. The number of halogens is 4. The number of anilines is 1. The molecule has 0 spiro atoms. The van der Waals surface area contributed by atoms with Gasteiger partial charge in [0.2, 0.25) is 0 Å². The number of aromatic nitrogens is 1. The summed E-state index contributed by atoms with van der Waals surface area (Å²) in [5.74, 6) is 0.0805. The predicted octanol–water partition coefficient (Wildman–Crippen LogP) is 4.55. The van der Waals surface area contributed by atoms with Crippen LogP contribution in [0.5, 0.6) is 0 Å². The van der Waals surface area contributed by atoms with Gasteiger partial charge in [-0.15, -0.1) is 11.8 Å². The van der Waals surface area contributed by atoms with Crippen LogP contribution in [0.1, 0.15) is 18.1 Å². The van der Waals surface area contributed by atoms with Crippen LogP contribution in [0.3, 0.4) is 0 Å². The number of pyridine rings is 1. The molecule has 29 heavy (non-hydrogen) atoms. The van der Waals surface area contributed by atoms with Crippen molar-refractivity contribution in [3.63, 3.8) is 0 Å². The largest absolute Gasteiger partial charge is 0.481 e. The molecule has 2 aromatic rings. The molecule has 1 aliphatic heterocycles. The Balaban J connectivity index is 0.000000687. The zero-order valence-corrected chi connectivity index (χ0v) is 17.2. The van der Waals surface area contributed by atoms with E-state index in [4.69, 9.17) is 21.5 Å². The molecule has 0 radical (unpaired) electrons. The lowest BCUT2D eigenvalue weighted by atomic mass is 10.2. The van der Waals surface area contributed by atoms with Crippen molar-refractivity contribution < 1.29 is 23.1 Å². The number of nitrogens with zero attached hydrogens (tertiary/aromatic N) is 2. The Morgan fingerprint density at radius 2 is 1.86 bits per heavy atom. The zero-order valence-electron chi connectivity index (χ0n) is 15.7. The molecule has 0 unspecified atom stereocenters.